The molecule has 0 amide bonds. The SMILES string of the molecule is CC[C@@H](O)[C@@H](O)[C@@H](N)CC[C@H]1OC(CO)[C@H](O)C(O)[C@@H]1O. The normalized spacial score (nSPS) is 38.0. The van der Waals surface area contributed by atoms with Crippen LogP contribution in [0.5, 0.6) is 0 Å². The van der Waals surface area contributed by atoms with Gasteiger partial charge >= 0.3 is 0 Å². The third-order valence-corrected chi connectivity index (χ3v) is 4.03. The van der Waals surface area contributed by atoms with Gasteiger partial charge in [0.25, 0.3) is 0 Å². The third kappa shape index (κ3) is 4.57. The van der Waals surface area contributed by atoms with E-state index in [-0.39, 0.29) is 12.8 Å². The topological polar surface area (TPSA) is 157 Å². The quantitative estimate of drug-likeness (QED) is 0.263. The van der Waals surface area contributed by atoms with E-state index in [2.05, 4.69) is 0 Å². The molecule has 0 bridgehead atoms. The lowest BCUT2D eigenvalue weighted by Gasteiger charge is -2.40. The first-order valence-corrected chi connectivity index (χ1v) is 7.25. The molecule has 126 valence electrons. The number of hydrogen-bond acceptors (Lipinski definition) is 8. The van der Waals surface area contributed by atoms with Gasteiger partial charge in [0.15, 0.2) is 0 Å². The first-order chi connectivity index (χ1) is 9.83. The molecule has 2 unspecified atom stereocenters. The average molecular weight is 309 g/mol. The molecule has 1 saturated heterocycles. The zero-order valence-corrected chi connectivity index (χ0v) is 12.1. The van der Waals surface area contributed by atoms with Crippen molar-refractivity contribution in [1.82, 2.24) is 0 Å². The minimum absolute atomic E-state index is 0.218. The Balaban J connectivity index is 2.53. The Hall–Kier alpha value is -0.320. The van der Waals surface area contributed by atoms with Crippen molar-refractivity contribution in [3.8, 4) is 0 Å². The molecule has 0 saturated carbocycles. The van der Waals surface area contributed by atoms with E-state index in [1.54, 1.807) is 6.92 Å². The molecule has 0 spiro atoms. The second kappa shape index (κ2) is 8.35. The minimum atomic E-state index is -1.41. The summed E-state index contributed by atoms with van der Waals surface area (Å²) in [5.74, 6) is 0. The molecule has 0 radical (unpaired) electrons. The van der Waals surface area contributed by atoms with Gasteiger partial charge in [0.05, 0.1) is 24.9 Å². The van der Waals surface area contributed by atoms with Crippen LogP contribution in [-0.4, -0.2) is 86.0 Å². The van der Waals surface area contributed by atoms with Gasteiger partial charge in [0.1, 0.15) is 24.4 Å². The molecule has 8 N–H and O–H groups in total. The van der Waals surface area contributed by atoms with Crippen molar-refractivity contribution in [3.05, 3.63) is 0 Å². The molecule has 8 heteroatoms. The van der Waals surface area contributed by atoms with Crippen molar-refractivity contribution in [2.24, 2.45) is 5.73 Å². The number of aliphatic hydroxyl groups excluding tert-OH is 6. The second-order valence-electron chi connectivity index (χ2n) is 5.57. The summed E-state index contributed by atoms with van der Waals surface area (Å²) in [6.45, 7) is 1.24. The Labute approximate surface area is 123 Å². The zero-order chi connectivity index (χ0) is 16.2. The largest absolute Gasteiger partial charge is 0.394 e. The van der Waals surface area contributed by atoms with E-state index in [0.717, 1.165) is 0 Å². The van der Waals surface area contributed by atoms with Gasteiger partial charge in [0.2, 0.25) is 0 Å². The van der Waals surface area contributed by atoms with Crippen LogP contribution < -0.4 is 5.73 Å². The van der Waals surface area contributed by atoms with Crippen LogP contribution in [0.25, 0.3) is 0 Å². The maximum Gasteiger partial charge on any atom is 0.111 e. The molecule has 8 atom stereocenters. The van der Waals surface area contributed by atoms with Crippen LogP contribution in [0.1, 0.15) is 26.2 Å². The summed E-state index contributed by atoms with van der Waals surface area (Å²) in [6, 6.07) is -0.702. The molecular formula is C13H27NO7. The summed E-state index contributed by atoms with van der Waals surface area (Å²) >= 11 is 0. The van der Waals surface area contributed by atoms with Gasteiger partial charge in [-0.2, -0.15) is 0 Å². The van der Waals surface area contributed by atoms with E-state index in [1.807, 2.05) is 0 Å². The Morgan fingerprint density at radius 3 is 2.14 bits per heavy atom. The average Bonchev–Trinajstić information content (AvgIpc) is 2.50. The predicted octanol–water partition coefficient (Wildman–Crippen LogP) is -2.93. The Kier molecular flexibility index (Phi) is 7.45. The van der Waals surface area contributed by atoms with E-state index < -0.39 is 55.4 Å². The monoisotopic (exact) mass is 309 g/mol. The van der Waals surface area contributed by atoms with Crippen LogP contribution in [0, 0.1) is 0 Å². The molecule has 0 aromatic heterocycles. The first kappa shape index (κ1) is 18.7. The van der Waals surface area contributed by atoms with Crippen molar-refractivity contribution in [2.45, 2.75) is 75.0 Å². The number of hydrogen-bond donors (Lipinski definition) is 7. The van der Waals surface area contributed by atoms with Gasteiger partial charge < -0.3 is 41.1 Å². The lowest BCUT2D eigenvalue weighted by Crippen LogP contribution is -2.58. The van der Waals surface area contributed by atoms with E-state index in [1.165, 1.54) is 0 Å². The van der Waals surface area contributed by atoms with Crippen LogP contribution >= 0.6 is 0 Å². The lowest BCUT2D eigenvalue weighted by atomic mass is 9.90. The van der Waals surface area contributed by atoms with Crippen LogP contribution in [0.3, 0.4) is 0 Å². The smallest absolute Gasteiger partial charge is 0.111 e. The lowest BCUT2D eigenvalue weighted by molar-refractivity contribution is -0.230. The Morgan fingerprint density at radius 1 is 1.05 bits per heavy atom. The maximum atomic E-state index is 9.86. The summed E-state index contributed by atoms with van der Waals surface area (Å²) in [5, 5.41) is 57.5. The van der Waals surface area contributed by atoms with Crippen molar-refractivity contribution in [1.29, 1.82) is 0 Å². The van der Waals surface area contributed by atoms with E-state index in [9.17, 15) is 25.5 Å². The number of ether oxygens (including phenoxy) is 1. The molecule has 8 nitrogen and oxygen atoms in total. The van der Waals surface area contributed by atoms with Crippen LogP contribution in [0.15, 0.2) is 0 Å². The minimum Gasteiger partial charge on any atom is -0.394 e. The zero-order valence-electron chi connectivity index (χ0n) is 12.1. The fourth-order valence-corrected chi connectivity index (χ4v) is 2.47. The van der Waals surface area contributed by atoms with Gasteiger partial charge in [-0.25, -0.2) is 0 Å². The van der Waals surface area contributed by atoms with Crippen LogP contribution in [-0.2, 0) is 4.74 Å². The molecule has 1 rings (SSSR count). The number of aliphatic hydroxyl groups is 6. The first-order valence-electron chi connectivity index (χ1n) is 7.25. The fourth-order valence-electron chi connectivity index (χ4n) is 2.47. The van der Waals surface area contributed by atoms with E-state index >= 15 is 0 Å². The molecule has 0 aromatic rings. The highest BCUT2D eigenvalue weighted by molar-refractivity contribution is 4.92. The third-order valence-electron chi connectivity index (χ3n) is 4.03. The molecule has 0 aromatic carbocycles. The summed E-state index contributed by atoms with van der Waals surface area (Å²) in [6.07, 6.45) is -7.02. The molecule has 0 aliphatic carbocycles. The summed E-state index contributed by atoms with van der Waals surface area (Å²) < 4.78 is 5.34. The molecule has 1 aliphatic heterocycles. The van der Waals surface area contributed by atoms with Crippen molar-refractivity contribution in [2.75, 3.05) is 6.61 Å². The highest BCUT2D eigenvalue weighted by Gasteiger charge is 2.43. The summed E-state index contributed by atoms with van der Waals surface area (Å²) in [7, 11) is 0. The molecule has 1 fully saturated rings. The molecule has 1 heterocycles. The second-order valence-corrected chi connectivity index (χ2v) is 5.57. The van der Waals surface area contributed by atoms with Gasteiger partial charge in [-0.1, -0.05) is 6.92 Å². The van der Waals surface area contributed by atoms with E-state index in [0.29, 0.717) is 6.42 Å². The Morgan fingerprint density at radius 2 is 1.62 bits per heavy atom. The number of nitrogens with two attached hydrogens (primary N) is 1. The molecule has 1 aliphatic rings. The van der Waals surface area contributed by atoms with Gasteiger partial charge in [-0.15, -0.1) is 0 Å². The standard InChI is InChI=1S/C13H27NO7/c1-2-7(16)10(17)6(14)3-4-8-11(18)13(20)12(19)9(5-15)21-8/h6-13,15-20H,2-5,14H2,1H3/t6-,7+,8+,9?,10-,11+,12-,13?/m0/s1. The Bertz CT molecular complexity index is 304. The fraction of sp³-hybridized carbons (Fsp3) is 1.00. The highest BCUT2D eigenvalue weighted by Crippen LogP contribution is 2.24. The van der Waals surface area contributed by atoms with Crippen LogP contribution in [0.4, 0.5) is 0 Å². The summed E-state index contributed by atoms with van der Waals surface area (Å²) in [4.78, 5) is 0. The van der Waals surface area contributed by atoms with Crippen molar-refractivity contribution >= 4 is 0 Å². The molecular weight excluding hydrogens is 282 g/mol. The van der Waals surface area contributed by atoms with E-state index in [4.69, 9.17) is 15.6 Å². The van der Waals surface area contributed by atoms with Gasteiger partial charge in [-0.3, -0.25) is 0 Å². The maximum absolute atomic E-state index is 9.86. The van der Waals surface area contributed by atoms with Crippen molar-refractivity contribution < 1.29 is 35.4 Å². The van der Waals surface area contributed by atoms with Crippen LogP contribution in [0.2, 0.25) is 0 Å². The molecule has 21 heavy (non-hydrogen) atoms. The predicted molar refractivity (Wildman–Crippen MR) is 73.3 cm³/mol. The van der Waals surface area contributed by atoms with Crippen molar-refractivity contribution in [3.63, 3.8) is 0 Å². The van der Waals surface area contributed by atoms with Gasteiger partial charge in [0, 0.05) is 6.04 Å². The highest BCUT2D eigenvalue weighted by atomic mass is 16.5. The summed E-state index contributed by atoms with van der Waals surface area (Å²) in [5.41, 5.74) is 5.78. The van der Waals surface area contributed by atoms with Gasteiger partial charge in [-0.05, 0) is 19.3 Å². The number of rotatable bonds is 7.